The zero-order valence-corrected chi connectivity index (χ0v) is 8.88. The summed E-state index contributed by atoms with van der Waals surface area (Å²) in [5.74, 6) is -4.15. The lowest BCUT2D eigenvalue weighted by Gasteiger charge is -2.19. The molecule has 0 amide bonds. The van der Waals surface area contributed by atoms with Crippen LogP contribution in [0.1, 0.15) is 31.4 Å². The van der Waals surface area contributed by atoms with E-state index >= 15 is 0 Å². The van der Waals surface area contributed by atoms with Crippen LogP contribution in [0.4, 0.5) is 13.2 Å². The molecule has 0 saturated carbocycles. The van der Waals surface area contributed by atoms with Gasteiger partial charge in [-0.25, -0.2) is 13.2 Å². The third-order valence-corrected chi connectivity index (χ3v) is 2.42. The number of rotatable bonds is 4. The Hall–Kier alpha value is -1.07. The van der Waals surface area contributed by atoms with E-state index in [0.717, 1.165) is 12.1 Å². The molecular weight excluding hydrogens is 219 g/mol. The first-order valence-electron chi connectivity index (χ1n) is 5.06. The predicted molar refractivity (Wildman–Crippen MR) is 54.2 cm³/mol. The zero-order chi connectivity index (χ0) is 12.3. The number of halogens is 3. The fraction of sp³-hybridized carbons (Fsp3) is 0.455. The summed E-state index contributed by atoms with van der Waals surface area (Å²) in [7, 11) is 0. The predicted octanol–water partition coefficient (Wildman–Crippen LogP) is 2.26. The molecule has 1 aromatic rings. The molecule has 16 heavy (non-hydrogen) atoms. The van der Waals surface area contributed by atoms with E-state index in [2.05, 4.69) is 0 Å². The fourth-order valence-electron chi connectivity index (χ4n) is 1.48. The van der Waals surface area contributed by atoms with E-state index in [1.807, 2.05) is 6.92 Å². The molecule has 3 N–H and O–H groups in total. The number of hydrogen-bond acceptors (Lipinski definition) is 2. The monoisotopic (exact) mass is 233 g/mol. The van der Waals surface area contributed by atoms with Crippen LogP contribution in [0, 0.1) is 17.5 Å². The van der Waals surface area contributed by atoms with Crippen molar-refractivity contribution in [1.82, 2.24) is 0 Å². The van der Waals surface area contributed by atoms with E-state index in [9.17, 15) is 18.3 Å². The maximum absolute atomic E-state index is 13.3. The van der Waals surface area contributed by atoms with Crippen molar-refractivity contribution >= 4 is 0 Å². The first-order chi connectivity index (χ1) is 7.49. The molecule has 2 atom stereocenters. The molecule has 0 spiro atoms. The summed E-state index contributed by atoms with van der Waals surface area (Å²) in [5.41, 5.74) is 5.36. The largest absolute Gasteiger partial charge is 0.391 e. The van der Waals surface area contributed by atoms with Gasteiger partial charge in [-0.05, 0) is 12.5 Å². The quantitative estimate of drug-likeness (QED) is 0.783. The van der Waals surface area contributed by atoms with Crippen LogP contribution in [0.25, 0.3) is 0 Å². The summed E-state index contributed by atoms with van der Waals surface area (Å²) in [5, 5.41) is 9.55. The van der Waals surface area contributed by atoms with Crippen LogP contribution in [0.2, 0.25) is 0 Å². The second kappa shape index (κ2) is 5.32. The highest BCUT2D eigenvalue weighted by Gasteiger charge is 2.22. The second-order valence-corrected chi connectivity index (χ2v) is 3.65. The Morgan fingerprint density at radius 2 is 1.88 bits per heavy atom. The van der Waals surface area contributed by atoms with Crippen LogP contribution in [-0.2, 0) is 0 Å². The summed E-state index contributed by atoms with van der Waals surface area (Å²) in [6, 6.07) is 0.805. The van der Waals surface area contributed by atoms with Crippen molar-refractivity contribution < 1.29 is 18.3 Å². The van der Waals surface area contributed by atoms with Gasteiger partial charge < -0.3 is 10.8 Å². The van der Waals surface area contributed by atoms with Gasteiger partial charge in [-0.3, -0.25) is 0 Å². The van der Waals surface area contributed by atoms with E-state index in [-0.39, 0.29) is 5.56 Å². The van der Waals surface area contributed by atoms with Gasteiger partial charge >= 0.3 is 0 Å². The van der Waals surface area contributed by atoms with Gasteiger partial charge in [-0.2, -0.15) is 0 Å². The Kier molecular flexibility index (Phi) is 4.32. The Labute approximate surface area is 91.9 Å². The molecule has 0 radical (unpaired) electrons. The van der Waals surface area contributed by atoms with Gasteiger partial charge in [0, 0.05) is 5.56 Å². The number of benzene rings is 1. The zero-order valence-electron chi connectivity index (χ0n) is 8.88. The van der Waals surface area contributed by atoms with Crippen LogP contribution in [0.3, 0.4) is 0 Å². The molecule has 0 unspecified atom stereocenters. The molecule has 1 aromatic carbocycles. The fourth-order valence-corrected chi connectivity index (χ4v) is 1.48. The van der Waals surface area contributed by atoms with Crippen LogP contribution >= 0.6 is 0 Å². The average Bonchev–Trinajstić information content (AvgIpc) is 2.26. The molecule has 90 valence electrons. The molecule has 0 aliphatic carbocycles. The molecule has 2 nitrogen and oxygen atoms in total. The minimum atomic E-state index is -1.56. The standard InChI is InChI=1S/C11H14F3NO/c1-2-3-8(16)11(15)6-4-5-7(12)10(14)9(6)13/h4-5,8,11,16H,2-3,15H2,1H3/t8-,11+/m1/s1. The number of nitrogens with two attached hydrogens (primary N) is 1. The molecule has 0 aromatic heterocycles. The summed E-state index contributed by atoms with van der Waals surface area (Å²) >= 11 is 0. The molecule has 1 rings (SSSR count). The molecular formula is C11H14F3NO. The lowest BCUT2D eigenvalue weighted by molar-refractivity contribution is 0.132. The van der Waals surface area contributed by atoms with Gasteiger partial charge in [0.1, 0.15) is 0 Å². The third kappa shape index (κ3) is 2.54. The maximum Gasteiger partial charge on any atom is 0.194 e. The highest BCUT2D eigenvalue weighted by molar-refractivity contribution is 5.24. The minimum absolute atomic E-state index is 0.208. The number of hydrogen-bond donors (Lipinski definition) is 2. The van der Waals surface area contributed by atoms with Gasteiger partial charge in [-0.1, -0.05) is 19.4 Å². The molecule has 5 heteroatoms. The first-order valence-corrected chi connectivity index (χ1v) is 5.06. The van der Waals surface area contributed by atoms with Gasteiger partial charge in [0.15, 0.2) is 17.5 Å². The lowest BCUT2D eigenvalue weighted by atomic mass is 9.98. The van der Waals surface area contributed by atoms with Crippen LogP contribution in [0.5, 0.6) is 0 Å². The Balaban J connectivity index is 3.00. The topological polar surface area (TPSA) is 46.2 Å². The Morgan fingerprint density at radius 3 is 2.44 bits per heavy atom. The molecule has 0 saturated heterocycles. The molecule has 0 heterocycles. The van der Waals surface area contributed by atoms with Gasteiger partial charge in [-0.15, -0.1) is 0 Å². The normalized spacial score (nSPS) is 14.9. The summed E-state index contributed by atoms with van der Waals surface area (Å²) in [6.45, 7) is 1.83. The Bertz CT molecular complexity index is 370. The van der Waals surface area contributed by atoms with Crippen molar-refractivity contribution in [2.45, 2.75) is 31.9 Å². The van der Waals surface area contributed by atoms with E-state index < -0.39 is 29.6 Å². The average molecular weight is 233 g/mol. The number of aliphatic hydroxyl groups excluding tert-OH is 1. The third-order valence-electron chi connectivity index (χ3n) is 2.42. The van der Waals surface area contributed by atoms with E-state index in [4.69, 9.17) is 5.73 Å². The summed E-state index contributed by atoms with van der Waals surface area (Å²) in [6.07, 6.45) is 0.0732. The molecule has 0 fully saturated rings. The van der Waals surface area contributed by atoms with Crippen LogP contribution in [-0.4, -0.2) is 11.2 Å². The van der Waals surface area contributed by atoms with E-state index in [1.54, 1.807) is 0 Å². The van der Waals surface area contributed by atoms with Crippen molar-refractivity contribution in [3.8, 4) is 0 Å². The highest BCUT2D eigenvalue weighted by Crippen LogP contribution is 2.23. The SMILES string of the molecule is CCC[C@@H](O)[C@@H](N)c1ccc(F)c(F)c1F. The van der Waals surface area contributed by atoms with Crippen molar-refractivity contribution in [2.24, 2.45) is 5.73 Å². The highest BCUT2D eigenvalue weighted by atomic mass is 19.2. The lowest BCUT2D eigenvalue weighted by Crippen LogP contribution is -2.27. The smallest absolute Gasteiger partial charge is 0.194 e. The first kappa shape index (κ1) is 13.0. The van der Waals surface area contributed by atoms with Gasteiger partial charge in [0.2, 0.25) is 0 Å². The molecule has 0 bridgehead atoms. The second-order valence-electron chi connectivity index (χ2n) is 3.65. The number of aliphatic hydroxyl groups is 1. The van der Waals surface area contributed by atoms with E-state index in [1.165, 1.54) is 0 Å². The van der Waals surface area contributed by atoms with Gasteiger partial charge in [0.05, 0.1) is 12.1 Å². The van der Waals surface area contributed by atoms with Crippen LogP contribution < -0.4 is 5.73 Å². The van der Waals surface area contributed by atoms with Crippen molar-refractivity contribution in [2.75, 3.05) is 0 Å². The minimum Gasteiger partial charge on any atom is -0.391 e. The maximum atomic E-state index is 13.3. The molecule has 0 aliphatic rings. The summed E-state index contributed by atoms with van der Waals surface area (Å²) in [4.78, 5) is 0. The van der Waals surface area contributed by atoms with E-state index in [0.29, 0.717) is 12.8 Å². The Morgan fingerprint density at radius 1 is 1.25 bits per heavy atom. The molecule has 0 aliphatic heterocycles. The van der Waals surface area contributed by atoms with Crippen molar-refractivity contribution in [3.05, 3.63) is 35.1 Å². The van der Waals surface area contributed by atoms with Gasteiger partial charge in [0.25, 0.3) is 0 Å². The van der Waals surface area contributed by atoms with Crippen LogP contribution in [0.15, 0.2) is 12.1 Å². The summed E-state index contributed by atoms with van der Waals surface area (Å²) < 4.78 is 38.9. The van der Waals surface area contributed by atoms with Crippen molar-refractivity contribution in [1.29, 1.82) is 0 Å². The van der Waals surface area contributed by atoms with Crippen molar-refractivity contribution in [3.63, 3.8) is 0 Å².